The third-order valence-corrected chi connectivity index (χ3v) is 4.13. The van der Waals surface area contributed by atoms with E-state index in [9.17, 15) is 0 Å². The van der Waals surface area contributed by atoms with Crippen molar-refractivity contribution in [2.45, 2.75) is 32.0 Å². The number of piperidine rings is 1. The number of nitrogens with one attached hydrogen (secondary N) is 1. The van der Waals surface area contributed by atoms with Crippen LogP contribution in [0.4, 0.5) is 0 Å². The Hall–Kier alpha value is -0.900. The van der Waals surface area contributed by atoms with Crippen molar-refractivity contribution in [2.24, 2.45) is 0 Å². The highest BCUT2D eigenvalue weighted by Gasteiger charge is 2.21. The molecule has 0 radical (unpaired) electrons. The van der Waals surface area contributed by atoms with Gasteiger partial charge in [0.15, 0.2) is 0 Å². The molecule has 0 aliphatic carbocycles. The minimum Gasteiger partial charge on any atom is -0.316 e. The van der Waals surface area contributed by atoms with Crippen molar-refractivity contribution in [3.8, 4) is 0 Å². The van der Waals surface area contributed by atoms with Crippen LogP contribution in [-0.2, 0) is 13.1 Å². The maximum atomic E-state index is 3.26. The van der Waals surface area contributed by atoms with Gasteiger partial charge in [0.1, 0.15) is 0 Å². The second kappa shape index (κ2) is 7.04. The van der Waals surface area contributed by atoms with E-state index in [2.05, 4.69) is 53.5 Å². The number of benzene rings is 1. The van der Waals surface area contributed by atoms with E-state index in [1.165, 1.54) is 37.1 Å². The molecule has 1 unspecified atom stereocenters. The number of hydrogen-bond donors (Lipinski definition) is 1. The maximum absolute atomic E-state index is 3.26. The zero-order valence-corrected chi connectivity index (χ0v) is 12.5. The van der Waals surface area contributed by atoms with Gasteiger partial charge in [0.05, 0.1) is 0 Å². The molecular formula is C16H27N3. The fraction of sp³-hybridized carbons (Fsp3) is 0.625. The first-order chi connectivity index (χ1) is 9.20. The van der Waals surface area contributed by atoms with Crippen molar-refractivity contribution < 1.29 is 0 Å². The number of likely N-dealkylation sites (N-methyl/N-ethyl adjacent to an activating group) is 2. The molecule has 1 aromatic rings. The van der Waals surface area contributed by atoms with E-state index in [-0.39, 0.29) is 0 Å². The third-order valence-electron chi connectivity index (χ3n) is 4.13. The van der Waals surface area contributed by atoms with Crippen molar-refractivity contribution in [3.63, 3.8) is 0 Å². The largest absolute Gasteiger partial charge is 0.316 e. The lowest BCUT2D eigenvalue weighted by atomic mass is 10.0. The molecule has 0 aromatic heterocycles. The van der Waals surface area contributed by atoms with E-state index >= 15 is 0 Å². The van der Waals surface area contributed by atoms with E-state index in [0.717, 1.165) is 13.1 Å². The third kappa shape index (κ3) is 4.03. The highest BCUT2D eigenvalue weighted by molar-refractivity contribution is 5.27. The summed E-state index contributed by atoms with van der Waals surface area (Å²) in [5, 5.41) is 3.26. The van der Waals surface area contributed by atoms with Crippen LogP contribution >= 0.6 is 0 Å². The average molecular weight is 261 g/mol. The lowest BCUT2D eigenvalue weighted by Gasteiger charge is -2.36. The summed E-state index contributed by atoms with van der Waals surface area (Å²) >= 11 is 0. The van der Waals surface area contributed by atoms with Crippen LogP contribution in [0.1, 0.15) is 24.0 Å². The van der Waals surface area contributed by atoms with Gasteiger partial charge in [-0.1, -0.05) is 24.3 Å². The van der Waals surface area contributed by atoms with Crippen molar-refractivity contribution in [1.29, 1.82) is 0 Å². The molecule has 0 amide bonds. The number of hydrogen-bond acceptors (Lipinski definition) is 3. The Bertz CT molecular complexity index is 391. The lowest BCUT2D eigenvalue weighted by Crippen LogP contribution is -2.44. The molecule has 2 rings (SSSR count). The zero-order valence-electron chi connectivity index (χ0n) is 12.5. The summed E-state index contributed by atoms with van der Waals surface area (Å²) in [6.45, 7) is 4.45. The summed E-state index contributed by atoms with van der Waals surface area (Å²) in [7, 11) is 6.51. The summed E-state index contributed by atoms with van der Waals surface area (Å²) in [5.41, 5.74) is 2.87. The minimum absolute atomic E-state index is 0.696. The first kappa shape index (κ1) is 14.5. The van der Waals surface area contributed by atoms with Gasteiger partial charge < -0.3 is 10.2 Å². The first-order valence-corrected chi connectivity index (χ1v) is 7.31. The van der Waals surface area contributed by atoms with Crippen molar-refractivity contribution >= 4 is 0 Å². The Morgan fingerprint density at radius 1 is 1.32 bits per heavy atom. The Morgan fingerprint density at radius 3 is 2.74 bits per heavy atom. The van der Waals surface area contributed by atoms with Gasteiger partial charge in [0, 0.05) is 25.7 Å². The van der Waals surface area contributed by atoms with Gasteiger partial charge in [-0.2, -0.15) is 0 Å². The number of likely N-dealkylation sites (tertiary alicyclic amines) is 1. The van der Waals surface area contributed by atoms with Crippen LogP contribution in [0.15, 0.2) is 24.3 Å². The quantitative estimate of drug-likeness (QED) is 0.874. The van der Waals surface area contributed by atoms with Crippen molar-refractivity contribution in [2.75, 3.05) is 34.2 Å². The molecule has 1 atom stereocenters. The molecule has 3 nitrogen and oxygen atoms in total. The van der Waals surface area contributed by atoms with E-state index in [1.54, 1.807) is 0 Å². The van der Waals surface area contributed by atoms with Crippen LogP contribution in [0.5, 0.6) is 0 Å². The molecule has 1 fully saturated rings. The summed E-state index contributed by atoms with van der Waals surface area (Å²) in [6.07, 6.45) is 2.65. The van der Waals surface area contributed by atoms with Gasteiger partial charge in [-0.15, -0.1) is 0 Å². The van der Waals surface area contributed by atoms with E-state index in [4.69, 9.17) is 0 Å². The minimum atomic E-state index is 0.696. The van der Waals surface area contributed by atoms with Crippen LogP contribution in [0.2, 0.25) is 0 Å². The van der Waals surface area contributed by atoms with Gasteiger partial charge in [-0.05, 0) is 51.7 Å². The standard InChI is InChI=1S/C16H27N3/c1-17-11-14-7-4-5-8-15(14)12-19(3)16-9-6-10-18(2)13-16/h4-5,7-8,16-17H,6,9-13H2,1-3H3. The Balaban J connectivity index is 1.99. The second-order valence-corrected chi connectivity index (χ2v) is 5.77. The first-order valence-electron chi connectivity index (χ1n) is 7.31. The highest BCUT2D eigenvalue weighted by Crippen LogP contribution is 2.17. The zero-order chi connectivity index (χ0) is 13.7. The topological polar surface area (TPSA) is 18.5 Å². The van der Waals surface area contributed by atoms with Gasteiger partial charge in [0.25, 0.3) is 0 Å². The molecule has 0 bridgehead atoms. The van der Waals surface area contributed by atoms with Crippen LogP contribution in [-0.4, -0.2) is 50.1 Å². The Labute approximate surface area is 117 Å². The van der Waals surface area contributed by atoms with E-state index in [1.807, 2.05) is 7.05 Å². The predicted molar refractivity (Wildman–Crippen MR) is 81.2 cm³/mol. The summed E-state index contributed by atoms with van der Waals surface area (Å²) in [4.78, 5) is 4.97. The predicted octanol–water partition coefficient (Wildman–Crippen LogP) is 1.93. The average Bonchev–Trinajstić information content (AvgIpc) is 2.41. The Morgan fingerprint density at radius 2 is 2.05 bits per heavy atom. The van der Waals surface area contributed by atoms with Gasteiger partial charge >= 0.3 is 0 Å². The summed E-state index contributed by atoms with van der Waals surface area (Å²) in [5.74, 6) is 0. The smallest absolute Gasteiger partial charge is 0.0237 e. The van der Waals surface area contributed by atoms with Crippen molar-refractivity contribution in [1.82, 2.24) is 15.1 Å². The molecule has 1 aliphatic rings. The normalized spacial score (nSPS) is 20.9. The Kier molecular flexibility index (Phi) is 5.37. The molecule has 1 aromatic carbocycles. The molecular weight excluding hydrogens is 234 g/mol. The van der Waals surface area contributed by atoms with Gasteiger partial charge in [-0.3, -0.25) is 4.90 Å². The SMILES string of the molecule is CNCc1ccccc1CN(C)C1CCCN(C)C1. The maximum Gasteiger partial charge on any atom is 0.0237 e. The van der Waals surface area contributed by atoms with Crippen molar-refractivity contribution in [3.05, 3.63) is 35.4 Å². The number of nitrogens with zero attached hydrogens (tertiary/aromatic N) is 2. The molecule has 1 saturated heterocycles. The monoisotopic (exact) mass is 261 g/mol. The van der Waals surface area contributed by atoms with E-state index in [0.29, 0.717) is 6.04 Å². The molecule has 1 aliphatic heterocycles. The molecule has 0 spiro atoms. The van der Waals surface area contributed by atoms with Gasteiger partial charge in [-0.25, -0.2) is 0 Å². The van der Waals surface area contributed by atoms with Crippen LogP contribution in [0.25, 0.3) is 0 Å². The van der Waals surface area contributed by atoms with E-state index < -0.39 is 0 Å². The lowest BCUT2D eigenvalue weighted by molar-refractivity contribution is 0.129. The van der Waals surface area contributed by atoms with Crippen LogP contribution in [0.3, 0.4) is 0 Å². The molecule has 1 heterocycles. The van der Waals surface area contributed by atoms with Gasteiger partial charge in [0.2, 0.25) is 0 Å². The fourth-order valence-corrected chi connectivity index (χ4v) is 2.97. The molecule has 0 saturated carbocycles. The molecule has 3 heteroatoms. The summed E-state index contributed by atoms with van der Waals surface area (Å²) < 4.78 is 0. The molecule has 1 N–H and O–H groups in total. The summed E-state index contributed by atoms with van der Waals surface area (Å²) in [6, 6.07) is 9.46. The van der Waals surface area contributed by atoms with Crippen LogP contribution in [0, 0.1) is 0 Å². The highest BCUT2D eigenvalue weighted by atomic mass is 15.2. The van der Waals surface area contributed by atoms with Crippen LogP contribution < -0.4 is 5.32 Å². The fourth-order valence-electron chi connectivity index (χ4n) is 2.97. The second-order valence-electron chi connectivity index (χ2n) is 5.77. The number of rotatable bonds is 5. The molecule has 19 heavy (non-hydrogen) atoms. The molecule has 106 valence electrons.